The van der Waals surface area contributed by atoms with E-state index in [0.717, 1.165) is 0 Å². The minimum absolute atomic E-state index is 0.0467. The van der Waals surface area contributed by atoms with Gasteiger partial charge in [-0.2, -0.15) is 0 Å². The number of rotatable bonds is 3. The van der Waals surface area contributed by atoms with Gasteiger partial charge in [-0.1, -0.05) is 18.2 Å². The number of nitrogens with one attached hydrogen (secondary N) is 1. The van der Waals surface area contributed by atoms with Crippen molar-refractivity contribution in [3.63, 3.8) is 0 Å². The van der Waals surface area contributed by atoms with Gasteiger partial charge in [-0.05, 0) is 25.0 Å². The molecule has 4 heteroatoms. The number of carbonyl (C=O) groups excluding carboxylic acids is 1. The fraction of sp³-hybridized carbons (Fsp3) is 0.462. The quantitative estimate of drug-likeness (QED) is 0.820. The molecular formula is C13H17NO3. The molecule has 1 aliphatic rings. The molecule has 2 rings (SSSR count). The molecule has 17 heavy (non-hydrogen) atoms. The van der Waals surface area contributed by atoms with Crippen LogP contribution in [0.3, 0.4) is 0 Å². The normalized spacial score (nSPS) is 18.6. The number of amides is 1. The van der Waals surface area contributed by atoms with Gasteiger partial charge < -0.3 is 15.2 Å². The van der Waals surface area contributed by atoms with Gasteiger partial charge in [-0.25, -0.2) is 0 Å². The van der Waals surface area contributed by atoms with E-state index < -0.39 is 5.54 Å². The summed E-state index contributed by atoms with van der Waals surface area (Å²) >= 11 is 0. The lowest BCUT2D eigenvalue weighted by Crippen LogP contribution is -2.54. The van der Waals surface area contributed by atoms with Gasteiger partial charge >= 0.3 is 0 Å². The fourth-order valence-corrected chi connectivity index (χ4v) is 1.99. The van der Waals surface area contributed by atoms with Crippen molar-refractivity contribution < 1.29 is 14.6 Å². The van der Waals surface area contributed by atoms with Crippen molar-refractivity contribution in [2.24, 2.45) is 0 Å². The molecule has 0 unspecified atom stereocenters. The van der Waals surface area contributed by atoms with E-state index in [-0.39, 0.29) is 12.5 Å². The number of carbonyl (C=O) groups is 1. The van der Waals surface area contributed by atoms with Gasteiger partial charge in [-0.15, -0.1) is 0 Å². The molecule has 1 aromatic rings. The summed E-state index contributed by atoms with van der Waals surface area (Å²) in [6.45, 7) is 1.11. The van der Waals surface area contributed by atoms with E-state index in [1.165, 1.54) is 0 Å². The minimum atomic E-state index is -0.523. The molecule has 0 spiro atoms. The molecule has 0 radical (unpaired) electrons. The van der Waals surface area contributed by atoms with E-state index in [1.54, 1.807) is 12.1 Å². The van der Waals surface area contributed by atoms with Crippen LogP contribution in [0, 0.1) is 0 Å². The molecule has 1 aliphatic heterocycles. The predicted octanol–water partition coefficient (Wildman–Crippen LogP) is 0.958. The molecule has 0 atom stereocenters. The van der Waals surface area contributed by atoms with Crippen LogP contribution in [-0.4, -0.2) is 36.4 Å². The largest absolute Gasteiger partial charge is 0.394 e. The Morgan fingerprint density at radius 3 is 2.53 bits per heavy atom. The van der Waals surface area contributed by atoms with Crippen LogP contribution in [0.2, 0.25) is 0 Å². The van der Waals surface area contributed by atoms with Crippen LogP contribution in [0.15, 0.2) is 30.3 Å². The van der Waals surface area contributed by atoms with Gasteiger partial charge in [-0.3, -0.25) is 4.79 Å². The highest BCUT2D eigenvalue weighted by Crippen LogP contribution is 2.20. The number of benzene rings is 1. The second kappa shape index (κ2) is 5.29. The molecule has 0 aliphatic carbocycles. The number of hydrogen-bond donors (Lipinski definition) is 2. The summed E-state index contributed by atoms with van der Waals surface area (Å²) in [5.41, 5.74) is 0.0948. The summed E-state index contributed by atoms with van der Waals surface area (Å²) in [7, 11) is 0. The number of hydrogen-bond acceptors (Lipinski definition) is 3. The van der Waals surface area contributed by atoms with Crippen molar-refractivity contribution in [3.05, 3.63) is 35.9 Å². The van der Waals surface area contributed by atoms with Crippen molar-refractivity contribution in [3.8, 4) is 0 Å². The first kappa shape index (κ1) is 12.1. The Hall–Kier alpha value is -1.39. The standard InChI is InChI=1S/C13H17NO3/c15-10-13(6-8-17-9-7-13)14-12(16)11-4-2-1-3-5-11/h1-5,15H,6-10H2,(H,14,16). The molecule has 0 bridgehead atoms. The topological polar surface area (TPSA) is 58.6 Å². The van der Waals surface area contributed by atoms with Crippen LogP contribution in [0.4, 0.5) is 0 Å². The van der Waals surface area contributed by atoms with Gasteiger partial charge in [0.2, 0.25) is 0 Å². The maximum absolute atomic E-state index is 12.0. The van der Waals surface area contributed by atoms with Crippen LogP contribution in [0.25, 0.3) is 0 Å². The molecule has 1 saturated heterocycles. The molecule has 4 nitrogen and oxygen atoms in total. The van der Waals surface area contributed by atoms with Crippen LogP contribution in [0.5, 0.6) is 0 Å². The maximum Gasteiger partial charge on any atom is 0.251 e. The molecule has 1 fully saturated rings. The third-order valence-electron chi connectivity index (χ3n) is 3.17. The molecule has 0 saturated carbocycles. The van der Waals surface area contributed by atoms with Gasteiger partial charge in [0.1, 0.15) is 0 Å². The summed E-state index contributed by atoms with van der Waals surface area (Å²) in [6, 6.07) is 9.04. The summed E-state index contributed by atoms with van der Waals surface area (Å²) in [5, 5.41) is 12.4. The Balaban J connectivity index is 2.06. The molecular weight excluding hydrogens is 218 g/mol. The van der Waals surface area contributed by atoms with Crippen LogP contribution >= 0.6 is 0 Å². The van der Waals surface area contributed by atoms with E-state index in [2.05, 4.69) is 5.32 Å². The lowest BCUT2D eigenvalue weighted by Gasteiger charge is -2.36. The van der Waals surface area contributed by atoms with E-state index in [1.807, 2.05) is 18.2 Å². The average Bonchev–Trinajstić information content (AvgIpc) is 2.41. The summed E-state index contributed by atoms with van der Waals surface area (Å²) < 4.78 is 5.25. The Bertz CT molecular complexity index is 372. The van der Waals surface area contributed by atoms with Gasteiger partial charge in [0.25, 0.3) is 5.91 Å². The molecule has 0 aromatic heterocycles. The van der Waals surface area contributed by atoms with E-state index >= 15 is 0 Å². The lowest BCUT2D eigenvalue weighted by atomic mass is 9.90. The van der Waals surface area contributed by atoms with Crippen LogP contribution < -0.4 is 5.32 Å². The second-order valence-corrected chi connectivity index (χ2v) is 4.37. The predicted molar refractivity (Wildman–Crippen MR) is 63.8 cm³/mol. The van der Waals surface area contributed by atoms with Crippen molar-refractivity contribution >= 4 is 5.91 Å². The van der Waals surface area contributed by atoms with E-state index in [0.29, 0.717) is 31.6 Å². The Kier molecular flexibility index (Phi) is 3.76. The first-order valence-corrected chi connectivity index (χ1v) is 5.82. The lowest BCUT2D eigenvalue weighted by molar-refractivity contribution is 0.0125. The van der Waals surface area contributed by atoms with E-state index in [4.69, 9.17) is 4.74 Å². The zero-order valence-corrected chi connectivity index (χ0v) is 9.69. The molecule has 2 N–H and O–H groups in total. The number of ether oxygens (including phenoxy) is 1. The van der Waals surface area contributed by atoms with Gasteiger partial charge in [0.05, 0.1) is 12.1 Å². The highest BCUT2D eigenvalue weighted by Gasteiger charge is 2.33. The third-order valence-corrected chi connectivity index (χ3v) is 3.17. The monoisotopic (exact) mass is 235 g/mol. The SMILES string of the molecule is O=C(NC1(CO)CCOCC1)c1ccccc1. The highest BCUT2D eigenvalue weighted by atomic mass is 16.5. The third kappa shape index (κ3) is 2.84. The molecule has 1 amide bonds. The smallest absolute Gasteiger partial charge is 0.251 e. The minimum Gasteiger partial charge on any atom is -0.394 e. The van der Waals surface area contributed by atoms with E-state index in [9.17, 15) is 9.90 Å². The Labute approximate surface area is 101 Å². The second-order valence-electron chi connectivity index (χ2n) is 4.37. The van der Waals surface area contributed by atoms with Crippen LogP contribution in [-0.2, 0) is 4.74 Å². The molecule has 1 heterocycles. The van der Waals surface area contributed by atoms with Crippen molar-refractivity contribution in [1.29, 1.82) is 0 Å². The number of aliphatic hydroxyl groups excluding tert-OH is 1. The summed E-state index contributed by atoms with van der Waals surface area (Å²) in [6.07, 6.45) is 1.31. The van der Waals surface area contributed by atoms with Crippen LogP contribution in [0.1, 0.15) is 23.2 Å². The van der Waals surface area contributed by atoms with Gasteiger partial charge in [0, 0.05) is 18.8 Å². The Morgan fingerprint density at radius 1 is 1.29 bits per heavy atom. The zero-order chi connectivity index (χ0) is 12.1. The average molecular weight is 235 g/mol. The van der Waals surface area contributed by atoms with Crippen molar-refractivity contribution in [2.75, 3.05) is 19.8 Å². The first-order valence-electron chi connectivity index (χ1n) is 5.82. The number of aliphatic hydroxyl groups is 1. The van der Waals surface area contributed by atoms with Gasteiger partial charge in [0.15, 0.2) is 0 Å². The zero-order valence-electron chi connectivity index (χ0n) is 9.69. The summed E-state index contributed by atoms with van der Waals surface area (Å²) in [4.78, 5) is 12.0. The first-order chi connectivity index (χ1) is 8.26. The molecule has 92 valence electrons. The summed E-state index contributed by atoms with van der Waals surface area (Å²) in [5.74, 6) is -0.137. The highest BCUT2D eigenvalue weighted by molar-refractivity contribution is 5.94. The van der Waals surface area contributed by atoms with Crippen molar-refractivity contribution in [1.82, 2.24) is 5.32 Å². The Morgan fingerprint density at radius 2 is 1.94 bits per heavy atom. The maximum atomic E-state index is 12.0. The van der Waals surface area contributed by atoms with Crippen molar-refractivity contribution in [2.45, 2.75) is 18.4 Å². The molecule has 1 aromatic carbocycles. The fourth-order valence-electron chi connectivity index (χ4n) is 1.99.